The molecule has 21 heavy (non-hydrogen) atoms. The van der Waals surface area contributed by atoms with Gasteiger partial charge in [0.2, 0.25) is 0 Å². The highest BCUT2D eigenvalue weighted by molar-refractivity contribution is 9.10. The Labute approximate surface area is 132 Å². The predicted molar refractivity (Wildman–Crippen MR) is 91.8 cm³/mol. The standard InChI is InChI=1S/C18H16BrNO/c1-12-6-8-14(19)10-17(12)20-11-16-15-5-3-2-4-13(15)7-9-18(16)21/h2-10,20-21H,11H2,1H3. The first-order valence-electron chi connectivity index (χ1n) is 6.85. The van der Waals surface area contributed by atoms with Gasteiger partial charge < -0.3 is 10.4 Å². The fraction of sp³-hybridized carbons (Fsp3) is 0.111. The van der Waals surface area contributed by atoms with Crippen LogP contribution in [0.4, 0.5) is 5.69 Å². The minimum atomic E-state index is 0.328. The molecular weight excluding hydrogens is 326 g/mol. The van der Waals surface area contributed by atoms with Crippen LogP contribution >= 0.6 is 15.9 Å². The molecule has 0 amide bonds. The van der Waals surface area contributed by atoms with Crippen LogP contribution in [0.25, 0.3) is 10.8 Å². The maximum atomic E-state index is 10.2. The zero-order chi connectivity index (χ0) is 14.8. The van der Waals surface area contributed by atoms with Gasteiger partial charge in [0, 0.05) is 22.3 Å². The number of hydrogen-bond acceptors (Lipinski definition) is 2. The molecule has 0 radical (unpaired) electrons. The molecule has 0 saturated heterocycles. The van der Waals surface area contributed by atoms with Crippen LogP contribution in [0.3, 0.4) is 0 Å². The van der Waals surface area contributed by atoms with Crippen molar-refractivity contribution in [3.8, 4) is 5.75 Å². The quantitative estimate of drug-likeness (QED) is 0.683. The summed E-state index contributed by atoms with van der Waals surface area (Å²) in [6.07, 6.45) is 0. The summed E-state index contributed by atoms with van der Waals surface area (Å²) in [5, 5.41) is 15.8. The van der Waals surface area contributed by atoms with E-state index in [9.17, 15) is 5.11 Å². The molecule has 0 fully saturated rings. The first-order chi connectivity index (χ1) is 10.1. The van der Waals surface area contributed by atoms with Crippen LogP contribution in [0, 0.1) is 6.92 Å². The molecule has 0 aliphatic carbocycles. The first kappa shape index (κ1) is 14.0. The lowest BCUT2D eigenvalue weighted by Gasteiger charge is -2.13. The molecule has 0 aliphatic rings. The van der Waals surface area contributed by atoms with Crippen LogP contribution in [0.2, 0.25) is 0 Å². The zero-order valence-corrected chi connectivity index (χ0v) is 13.3. The van der Waals surface area contributed by atoms with Crippen LogP contribution in [-0.2, 0) is 6.54 Å². The number of phenols is 1. The lowest BCUT2D eigenvalue weighted by molar-refractivity contribution is 0.470. The third-order valence-corrected chi connectivity index (χ3v) is 4.16. The van der Waals surface area contributed by atoms with E-state index in [2.05, 4.69) is 46.4 Å². The summed E-state index contributed by atoms with van der Waals surface area (Å²) in [5.74, 6) is 0.328. The molecule has 3 rings (SSSR count). The van der Waals surface area contributed by atoms with Crippen LogP contribution in [0.1, 0.15) is 11.1 Å². The number of aromatic hydroxyl groups is 1. The Morgan fingerprint density at radius 3 is 2.71 bits per heavy atom. The van der Waals surface area contributed by atoms with Crippen molar-refractivity contribution < 1.29 is 5.11 Å². The Hall–Kier alpha value is -2.00. The lowest BCUT2D eigenvalue weighted by Crippen LogP contribution is -2.02. The normalized spacial score (nSPS) is 10.8. The topological polar surface area (TPSA) is 32.3 Å². The highest BCUT2D eigenvalue weighted by atomic mass is 79.9. The minimum Gasteiger partial charge on any atom is -0.508 e. The lowest BCUT2D eigenvalue weighted by atomic mass is 10.0. The van der Waals surface area contributed by atoms with E-state index >= 15 is 0 Å². The van der Waals surface area contributed by atoms with E-state index in [1.165, 1.54) is 5.56 Å². The number of rotatable bonds is 3. The van der Waals surface area contributed by atoms with Crippen molar-refractivity contribution in [1.82, 2.24) is 0 Å². The molecule has 106 valence electrons. The first-order valence-corrected chi connectivity index (χ1v) is 7.64. The number of hydrogen-bond donors (Lipinski definition) is 2. The number of aryl methyl sites for hydroxylation is 1. The molecule has 0 aliphatic heterocycles. The van der Waals surface area contributed by atoms with Gasteiger partial charge in [-0.15, -0.1) is 0 Å². The second-order valence-corrected chi connectivity index (χ2v) is 6.01. The van der Waals surface area contributed by atoms with Gasteiger partial charge in [-0.2, -0.15) is 0 Å². The van der Waals surface area contributed by atoms with Crippen LogP contribution in [-0.4, -0.2) is 5.11 Å². The molecule has 0 bridgehead atoms. The molecule has 3 heteroatoms. The van der Waals surface area contributed by atoms with Crippen molar-refractivity contribution in [2.45, 2.75) is 13.5 Å². The van der Waals surface area contributed by atoms with Crippen LogP contribution < -0.4 is 5.32 Å². The van der Waals surface area contributed by atoms with Gasteiger partial charge in [0.05, 0.1) is 0 Å². The summed E-state index contributed by atoms with van der Waals surface area (Å²) < 4.78 is 1.04. The highest BCUT2D eigenvalue weighted by Crippen LogP contribution is 2.29. The largest absolute Gasteiger partial charge is 0.508 e. The average molecular weight is 342 g/mol. The SMILES string of the molecule is Cc1ccc(Br)cc1NCc1c(O)ccc2ccccc12. The van der Waals surface area contributed by atoms with Crippen LogP contribution in [0.5, 0.6) is 5.75 Å². The molecule has 0 spiro atoms. The number of phenolic OH excluding ortho intramolecular Hbond substituents is 1. The Morgan fingerprint density at radius 1 is 1.05 bits per heavy atom. The number of benzene rings is 3. The molecule has 2 nitrogen and oxygen atoms in total. The maximum Gasteiger partial charge on any atom is 0.121 e. The van der Waals surface area contributed by atoms with Gasteiger partial charge in [-0.05, 0) is 41.5 Å². The molecule has 0 unspecified atom stereocenters. The third kappa shape index (κ3) is 2.88. The molecule has 3 aromatic carbocycles. The number of nitrogens with one attached hydrogen (secondary N) is 1. The van der Waals surface area contributed by atoms with E-state index in [0.717, 1.165) is 26.5 Å². The summed E-state index contributed by atoms with van der Waals surface area (Å²) in [7, 11) is 0. The van der Waals surface area contributed by atoms with E-state index in [-0.39, 0.29) is 0 Å². The van der Waals surface area contributed by atoms with E-state index in [1.807, 2.05) is 30.3 Å². The van der Waals surface area contributed by atoms with Gasteiger partial charge >= 0.3 is 0 Å². The van der Waals surface area contributed by atoms with Crippen molar-refractivity contribution in [2.75, 3.05) is 5.32 Å². The molecule has 0 aromatic heterocycles. The van der Waals surface area contributed by atoms with Gasteiger partial charge in [0.25, 0.3) is 0 Å². The van der Waals surface area contributed by atoms with E-state index in [1.54, 1.807) is 6.07 Å². The van der Waals surface area contributed by atoms with Crippen molar-refractivity contribution in [3.63, 3.8) is 0 Å². The maximum absolute atomic E-state index is 10.2. The third-order valence-electron chi connectivity index (χ3n) is 3.67. The number of anilines is 1. The summed E-state index contributed by atoms with van der Waals surface area (Å²) in [4.78, 5) is 0. The van der Waals surface area contributed by atoms with Crippen molar-refractivity contribution in [3.05, 3.63) is 70.2 Å². The number of fused-ring (bicyclic) bond motifs is 1. The van der Waals surface area contributed by atoms with Gasteiger partial charge in [0.15, 0.2) is 0 Å². The monoisotopic (exact) mass is 341 g/mol. The zero-order valence-electron chi connectivity index (χ0n) is 11.7. The van der Waals surface area contributed by atoms with Crippen molar-refractivity contribution >= 4 is 32.4 Å². The smallest absolute Gasteiger partial charge is 0.121 e. The van der Waals surface area contributed by atoms with E-state index in [0.29, 0.717) is 12.3 Å². The van der Waals surface area contributed by atoms with Gasteiger partial charge in [-0.25, -0.2) is 0 Å². The minimum absolute atomic E-state index is 0.328. The number of halogens is 1. The van der Waals surface area contributed by atoms with E-state index < -0.39 is 0 Å². The summed E-state index contributed by atoms with van der Waals surface area (Å²) in [6.45, 7) is 2.65. The Balaban J connectivity index is 1.95. The average Bonchev–Trinajstić information content (AvgIpc) is 2.49. The van der Waals surface area contributed by atoms with Crippen molar-refractivity contribution in [1.29, 1.82) is 0 Å². The van der Waals surface area contributed by atoms with Gasteiger partial charge in [-0.1, -0.05) is 52.3 Å². The van der Waals surface area contributed by atoms with E-state index in [4.69, 9.17) is 0 Å². The summed E-state index contributed by atoms with van der Waals surface area (Å²) >= 11 is 3.49. The second-order valence-electron chi connectivity index (χ2n) is 5.10. The fourth-order valence-electron chi connectivity index (χ4n) is 2.48. The predicted octanol–water partition coefficient (Wildman–Crippen LogP) is 5.23. The molecule has 3 aromatic rings. The Kier molecular flexibility index (Phi) is 3.84. The molecule has 0 saturated carbocycles. The van der Waals surface area contributed by atoms with Gasteiger partial charge in [-0.3, -0.25) is 0 Å². The molecule has 0 heterocycles. The Morgan fingerprint density at radius 2 is 1.86 bits per heavy atom. The molecule has 2 N–H and O–H groups in total. The van der Waals surface area contributed by atoms with Crippen molar-refractivity contribution in [2.24, 2.45) is 0 Å². The van der Waals surface area contributed by atoms with Gasteiger partial charge in [0.1, 0.15) is 5.75 Å². The fourth-order valence-corrected chi connectivity index (χ4v) is 2.84. The highest BCUT2D eigenvalue weighted by Gasteiger charge is 2.07. The van der Waals surface area contributed by atoms with Crippen LogP contribution in [0.15, 0.2) is 59.1 Å². The molecular formula is C18H16BrNO. The second kappa shape index (κ2) is 5.78. The summed E-state index contributed by atoms with van der Waals surface area (Å²) in [6, 6.07) is 17.9. The summed E-state index contributed by atoms with van der Waals surface area (Å²) in [5.41, 5.74) is 3.17. The molecule has 0 atom stereocenters. The Bertz CT molecular complexity index is 798.